The molecule has 0 aliphatic carbocycles. The van der Waals surface area contributed by atoms with E-state index in [4.69, 9.17) is 30.5 Å². The van der Waals surface area contributed by atoms with Gasteiger partial charge in [0.05, 0.1) is 36.4 Å². The lowest BCUT2D eigenvalue weighted by Crippen LogP contribution is -2.29. The third-order valence-electron chi connectivity index (χ3n) is 6.68. The Morgan fingerprint density at radius 2 is 1.66 bits per heavy atom. The first-order valence-corrected chi connectivity index (χ1v) is 12.5. The average molecular weight is 536 g/mol. The normalized spacial score (nSPS) is 18.0. The SMILES string of the molecule is CCc1ccc(C2/C(=C(\O)c3cc(Cl)c(OC)cc3OC)C(=O)C(=O)N2c2ccc3c(c2)OCCO3)cc1. The zero-order chi connectivity index (χ0) is 27.0. The molecule has 3 aromatic rings. The molecular weight excluding hydrogens is 510 g/mol. The number of ether oxygens (including phenoxy) is 4. The summed E-state index contributed by atoms with van der Waals surface area (Å²) in [6.07, 6.45) is 0.824. The van der Waals surface area contributed by atoms with E-state index in [1.165, 1.54) is 31.3 Å². The number of carbonyl (C=O) groups is 2. The fraction of sp³-hybridized carbons (Fsp3) is 0.241. The Hall–Kier alpha value is -4.17. The van der Waals surface area contributed by atoms with Crippen molar-refractivity contribution in [2.45, 2.75) is 19.4 Å². The Kier molecular flexibility index (Phi) is 6.91. The molecule has 0 saturated carbocycles. The van der Waals surface area contributed by atoms with Gasteiger partial charge in [-0.1, -0.05) is 42.8 Å². The van der Waals surface area contributed by atoms with Gasteiger partial charge in [0, 0.05) is 17.8 Å². The van der Waals surface area contributed by atoms with Crippen LogP contribution < -0.4 is 23.8 Å². The van der Waals surface area contributed by atoms with E-state index in [1.807, 2.05) is 31.2 Å². The van der Waals surface area contributed by atoms with Gasteiger partial charge in [-0.25, -0.2) is 0 Å². The van der Waals surface area contributed by atoms with Crippen LogP contribution in [0.15, 0.2) is 60.2 Å². The van der Waals surface area contributed by atoms with E-state index in [1.54, 1.807) is 18.2 Å². The molecule has 1 unspecified atom stereocenters. The average Bonchev–Trinajstić information content (AvgIpc) is 3.22. The quantitative estimate of drug-likeness (QED) is 0.259. The van der Waals surface area contributed by atoms with E-state index < -0.39 is 23.5 Å². The number of Topliss-reactive ketones (excluding diaryl/α,β-unsaturated/α-hetero) is 1. The smallest absolute Gasteiger partial charge is 0.300 e. The summed E-state index contributed by atoms with van der Waals surface area (Å²) < 4.78 is 22.0. The maximum atomic E-state index is 13.5. The molecule has 2 heterocycles. The van der Waals surface area contributed by atoms with E-state index >= 15 is 0 Å². The number of methoxy groups -OCH3 is 2. The van der Waals surface area contributed by atoms with Gasteiger partial charge in [0.2, 0.25) is 0 Å². The molecule has 1 saturated heterocycles. The summed E-state index contributed by atoms with van der Waals surface area (Å²) in [5.74, 6) is -0.438. The van der Waals surface area contributed by atoms with Crippen LogP contribution in [0.25, 0.3) is 5.76 Å². The minimum absolute atomic E-state index is 0.0892. The third-order valence-corrected chi connectivity index (χ3v) is 6.98. The Balaban J connectivity index is 1.72. The van der Waals surface area contributed by atoms with Gasteiger partial charge in [0.25, 0.3) is 11.7 Å². The number of carbonyl (C=O) groups excluding carboxylic acids is 2. The van der Waals surface area contributed by atoms with Crippen LogP contribution in [0.5, 0.6) is 23.0 Å². The molecule has 5 rings (SSSR count). The summed E-state index contributed by atoms with van der Waals surface area (Å²) in [5.41, 5.74) is 2.24. The number of rotatable bonds is 6. The van der Waals surface area contributed by atoms with Gasteiger partial charge in [-0.2, -0.15) is 0 Å². The summed E-state index contributed by atoms with van der Waals surface area (Å²) in [6.45, 7) is 2.83. The summed E-state index contributed by atoms with van der Waals surface area (Å²) in [6, 6.07) is 14.7. The molecule has 0 bridgehead atoms. The largest absolute Gasteiger partial charge is 0.507 e. The zero-order valence-electron chi connectivity index (χ0n) is 21.1. The molecular formula is C29H26ClNO7. The first-order chi connectivity index (χ1) is 18.4. The second-order valence-corrected chi connectivity index (χ2v) is 9.19. The second kappa shape index (κ2) is 10.3. The maximum Gasteiger partial charge on any atom is 0.300 e. The Labute approximate surface area is 224 Å². The van der Waals surface area contributed by atoms with E-state index in [2.05, 4.69) is 0 Å². The van der Waals surface area contributed by atoms with E-state index in [9.17, 15) is 14.7 Å². The summed E-state index contributed by atoms with van der Waals surface area (Å²) in [7, 11) is 2.88. The highest BCUT2D eigenvalue weighted by molar-refractivity contribution is 6.51. The molecule has 38 heavy (non-hydrogen) atoms. The number of ketones is 1. The first-order valence-electron chi connectivity index (χ1n) is 12.1. The highest BCUT2D eigenvalue weighted by atomic mass is 35.5. The van der Waals surface area contributed by atoms with Crippen molar-refractivity contribution in [2.75, 3.05) is 32.3 Å². The summed E-state index contributed by atoms with van der Waals surface area (Å²) >= 11 is 6.35. The number of anilines is 1. The molecule has 2 aliphatic heterocycles. The molecule has 3 aromatic carbocycles. The Morgan fingerprint density at radius 1 is 0.974 bits per heavy atom. The molecule has 1 atom stereocenters. The molecule has 1 amide bonds. The highest BCUT2D eigenvalue weighted by Crippen LogP contribution is 2.46. The Morgan fingerprint density at radius 3 is 2.32 bits per heavy atom. The van der Waals surface area contributed by atoms with Crippen molar-refractivity contribution >= 4 is 34.7 Å². The predicted molar refractivity (Wildman–Crippen MR) is 143 cm³/mol. The predicted octanol–water partition coefficient (Wildman–Crippen LogP) is 5.32. The molecule has 8 nitrogen and oxygen atoms in total. The number of hydrogen-bond donors (Lipinski definition) is 1. The van der Waals surface area contributed by atoms with Gasteiger partial charge in [-0.05, 0) is 35.7 Å². The maximum absolute atomic E-state index is 13.5. The molecule has 9 heteroatoms. The number of benzene rings is 3. The topological polar surface area (TPSA) is 94.5 Å². The van der Waals surface area contributed by atoms with Crippen molar-refractivity contribution in [3.05, 3.63) is 81.9 Å². The molecule has 196 valence electrons. The second-order valence-electron chi connectivity index (χ2n) is 8.78. The number of aliphatic hydroxyl groups is 1. The molecule has 0 radical (unpaired) electrons. The lowest BCUT2D eigenvalue weighted by atomic mass is 9.94. The summed E-state index contributed by atoms with van der Waals surface area (Å²) in [5, 5.41) is 11.8. The number of nitrogens with zero attached hydrogens (tertiary/aromatic N) is 1. The first kappa shape index (κ1) is 25.5. The lowest BCUT2D eigenvalue weighted by molar-refractivity contribution is -0.132. The van der Waals surface area contributed by atoms with Gasteiger partial charge in [-0.3, -0.25) is 14.5 Å². The molecule has 0 spiro atoms. The van der Waals surface area contributed by atoms with Crippen molar-refractivity contribution in [1.29, 1.82) is 0 Å². The molecule has 2 aliphatic rings. The monoisotopic (exact) mass is 535 g/mol. The fourth-order valence-electron chi connectivity index (χ4n) is 4.72. The minimum Gasteiger partial charge on any atom is -0.507 e. The van der Waals surface area contributed by atoms with Crippen LogP contribution in [0.3, 0.4) is 0 Å². The van der Waals surface area contributed by atoms with Gasteiger partial charge >= 0.3 is 0 Å². The number of halogens is 1. The third kappa shape index (κ3) is 4.31. The van der Waals surface area contributed by atoms with Crippen LogP contribution >= 0.6 is 11.6 Å². The van der Waals surface area contributed by atoms with Crippen LogP contribution in [-0.2, 0) is 16.0 Å². The van der Waals surface area contributed by atoms with Crippen LogP contribution in [-0.4, -0.2) is 44.2 Å². The zero-order valence-corrected chi connectivity index (χ0v) is 21.9. The van der Waals surface area contributed by atoms with Crippen molar-refractivity contribution < 1.29 is 33.6 Å². The van der Waals surface area contributed by atoms with Crippen LogP contribution in [0.2, 0.25) is 5.02 Å². The van der Waals surface area contributed by atoms with Crippen molar-refractivity contribution in [3.8, 4) is 23.0 Å². The summed E-state index contributed by atoms with van der Waals surface area (Å²) in [4.78, 5) is 28.4. The van der Waals surface area contributed by atoms with Gasteiger partial charge in [-0.15, -0.1) is 0 Å². The standard InChI is InChI=1S/C29H26ClNO7/c1-4-16-5-7-17(8-6-16)26-25(27(32)19-14-20(30)23(36-3)15-22(19)35-2)28(33)29(34)31(26)18-9-10-21-24(13-18)38-12-11-37-21/h5-10,13-15,26,32H,4,11-12H2,1-3H3/b27-25+. The van der Waals surface area contributed by atoms with E-state index in [0.717, 1.165) is 12.0 Å². The van der Waals surface area contributed by atoms with Crippen molar-refractivity contribution in [1.82, 2.24) is 0 Å². The van der Waals surface area contributed by atoms with Crippen LogP contribution in [0, 0.1) is 0 Å². The number of hydrogen-bond acceptors (Lipinski definition) is 7. The van der Waals surface area contributed by atoms with Crippen molar-refractivity contribution in [2.24, 2.45) is 0 Å². The number of fused-ring (bicyclic) bond motifs is 1. The Bertz CT molecular complexity index is 1450. The molecule has 1 N–H and O–H groups in total. The van der Waals surface area contributed by atoms with Gasteiger partial charge < -0.3 is 24.1 Å². The van der Waals surface area contributed by atoms with E-state index in [-0.39, 0.29) is 21.9 Å². The van der Waals surface area contributed by atoms with E-state index in [0.29, 0.717) is 41.7 Å². The van der Waals surface area contributed by atoms with Gasteiger partial charge in [0.1, 0.15) is 30.5 Å². The number of aryl methyl sites for hydroxylation is 1. The minimum atomic E-state index is -0.922. The number of amides is 1. The van der Waals surface area contributed by atoms with Crippen LogP contribution in [0.4, 0.5) is 5.69 Å². The highest BCUT2D eigenvalue weighted by Gasteiger charge is 2.47. The number of aliphatic hydroxyl groups excluding tert-OH is 1. The van der Waals surface area contributed by atoms with Crippen LogP contribution in [0.1, 0.15) is 29.7 Å². The van der Waals surface area contributed by atoms with Crippen molar-refractivity contribution in [3.63, 3.8) is 0 Å². The fourth-order valence-corrected chi connectivity index (χ4v) is 4.96. The lowest BCUT2D eigenvalue weighted by Gasteiger charge is -2.27. The molecule has 0 aromatic heterocycles. The van der Waals surface area contributed by atoms with Gasteiger partial charge in [0.15, 0.2) is 11.5 Å². The molecule has 1 fully saturated rings.